The van der Waals surface area contributed by atoms with Crippen LogP contribution in [-0.2, 0) is 34.1 Å². The number of methoxy groups -OCH3 is 1. The molecule has 3 aromatic carbocycles. The molecule has 4 aromatic rings. The number of carbonyl (C=O) groups is 1. The molecule has 1 atom stereocenters. The van der Waals surface area contributed by atoms with E-state index in [1.165, 1.54) is 0 Å². The van der Waals surface area contributed by atoms with Crippen LogP contribution >= 0.6 is 11.3 Å². The Morgan fingerprint density at radius 2 is 1.67 bits per heavy atom. The summed E-state index contributed by atoms with van der Waals surface area (Å²) in [6, 6.07) is 21.6. The van der Waals surface area contributed by atoms with E-state index in [1.807, 2.05) is 95.3 Å². The maximum Gasteiger partial charge on any atom is 0.312 e. The van der Waals surface area contributed by atoms with E-state index in [0.29, 0.717) is 18.9 Å². The van der Waals surface area contributed by atoms with E-state index in [1.54, 1.807) is 18.4 Å². The Hall–Kier alpha value is -3.88. The molecule has 0 radical (unpaired) electrons. The van der Waals surface area contributed by atoms with Crippen molar-refractivity contribution in [2.45, 2.75) is 60.4 Å². The van der Waals surface area contributed by atoms with Gasteiger partial charge in [0.1, 0.15) is 17.4 Å². The molecule has 1 heterocycles. The van der Waals surface area contributed by atoms with E-state index in [0.717, 1.165) is 55.8 Å². The maximum atomic E-state index is 13.7. The van der Waals surface area contributed by atoms with Gasteiger partial charge in [-0.05, 0) is 75.1 Å². The van der Waals surface area contributed by atoms with E-state index >= 15 is 0 Å². The molecule has 3 N–H and O–H groups in total. The summed E-state index contributed by atoms with van der Waals surface area (Å²) in [5, 5.41) is 4.16. The van der Waals surface area contributed by atoms with Gasteiger partial charge in [0.25, 0.3) is 0 Å². The molecule has 0 aliphatic heterocycles. The van der Waals surface area contributed by atoms with Crippen LogP contribution < -0.4 is 15.8 Å². The normalized spacial score (nSPS) is 12.1. The van der Waals surface area contributed by atoms with Crippen LogP contribution in [0.4, 0.5) is 11.4 Å². The molecular weight excluding hydrogens is 546 g/mol. The molecule has 4 rings (SSSR count). The molecule has 0 fully saturated rings. The molecule has 0 aliphatic carbocycles. The minimum atomic E-state index is -0.933. The third-order valence-electron chi connectivity index (χ3n) is 7.52. The lowest BCUT2D eigenvalue weighted by molar-refractivity contribution is -0.156. The van der Waals surface area contributed by atoms with Crippen LogP contribution in [0.5, 0.6) is 5.75 Å². The van der Waals surface area contributed by atoms with Crippen molar-refractivity contribution < 1.29 is 19.0 Å². The van der Waals surface area contributed by atoms with Crippen molar-refractivity contribution in [3.05, 3.63) is 105 Å². The van der Waals surface area contributed by atoms with Crippen LogP contribution in [0, 0.1) is 19.3 Å². The number of thiazole rings is 1. The Labute approximate surface area is 253 Å². The number of esters is 1. The van der Waals surface area contributed by atoms with Gasteiger partial charge >= 0.3 is 5.97 Å². The Balaban J connectivity index is 1.63. The molecule has 0 aliphatic rings. The van der Waals surface area contributed by atoms with Gasteiger partial charge in [-0.1, -0.05) is 48.5 Å². The molecule has 0 saturated carbocycles. The first kappa shape index (κ1) is 31.1. The van der Waals surface area contributed by atoms with Gasteiger partial charge in [0.15, 0.2) is 0 Å². The molecule has 0 saturated heterocycles. The number of rotatable bonds is 13. The maximum absolute atomic E-state index is 13.7. The zero-order chi connectivity index (χ0) is 30.3. The average molecular weight is 588 g/mol. The van der Waals surface area contributed by atoms with E-state index in [4.69, 9.17) is 24.9 Å². The largest absolute Gasteiger partial charge is 0.497 e. The van der Waals surface area contributed by atoms with Crippen LogP contribution in [0.3, 0.4) is 0 Å². The fourth-order valence-electron chi connectivity index (χ4n) is 4.96. The van der Waals surface area contributed by atoms with Crippen LogP contribution in [0.25, 0.3) is 0 Å². The number of anilines is 2. The summed E-state index contributed by atoms with van der Waals surface area (Å²) < 4.78 is 17.2. The van der Waals surface area contributed by atoms with Crippen LogP contribution in [-0.4, -0.2) is 24.6 Å². The number of aryl methyl sites for hydroxylation is 1. The van der Waals surface area contributed by atoms with Gasteiger partial charge in [0.2, 0.25) is 0 Å². The summed E-state index contributed by atoms with van der Waals surface area (Å²) in [5.41, 5.74) is 11.9. The minimum absolute atomic E-state index is 0.206. The van der Waals surface area contributed by atoms with E-state index in [2.05, 4.69) is 11.4 Å². The Kier molecular flexibility index (Phi) is 10.2. The number of hydrogen-bond donors (Lipinski definition) is 2. The van der Waals surface area contributed by atoms with Crippen molar-refractivity contribution in [1.82, 2.24) is 4.98 Å². The predicted octanol–water partition coefficient (Wildman–Crippen LogP) is 7.40. The number of nitrogen functional groups attached to an aromatic ring is 1. The molecular formula is C34H41N3O4S. The van der Waals surface area contributed by atoms with Gasteiger partial charge in [-0.25, -0.2) is 4.98 Å². The highest BCUT2D eigenvalue weighted by Crippen LogP contribution is 2.46. The van der Waals surface area contributed by atoms with Gasteiger partial charge in [0.05, 0.1) is 48.7 Å². The monoisotopic (exact) mass is 587 g/mol. The number of benzene rings is 3. The summed E-state index contributed by atoms with van der Waals surface area (Å²) in [5.74, 6) is 0.136. The summed E-state index contributed by atoms with van der Waals surface area (Å²) in [6.45, 7) is 11.7. The van der Waals surface area contributed by atoms with Crippen molar-refractivity contribution in [3.63, 3.8) is 0 Å². The van der Waals surface area contributed by atoms with Gasteiger partial charge in [0, 0.05) is 11.4 Å². The molecule has 42 heavy (non-hydrogen) atoms. The van der Waals surface area contributed by atoms with Crippen molar-refractivity contribution in [1.29, 1.82) is 0 Å². The van der Waals surface area contributed by atoms with E-state index in [-0.39, 0.29) is 18.5 Å². The van der Waals surface area contributed by atoms with Crippen molar-refractivity contribution in [3.8, 4) is 5.75 Å². The van der Waals surface area contributed by atoms with Crippen molar-refractivity contribution in [2.75, 3.05) is 24.7 Å². The fraction of sp³-hybridized carbons (Fsp3) is 0.353. The van der Waals surface area contributed by atoms with E-state index < -0.39 is 5.41 Å². The Morgan fingerprint density at radius 1 is 0.976 bits per heavy atom. The number of nitrogens with one attached hydrogen (secondary N) is 1. The van der Waals surface area contributed by atoms with Gasteiger partial charge in [-0.2, -0.15) is 0 Å². The first-order valence-electron chi connectivity index (χ1n) is 14.2. The third kappa shape index (κ3) is 7.12. The van der Waals surface area contributed by atoms with Gasteiger partial charge in [-0.15, -0.1) is 11.3 Å². The molecule has 0 unspecified atom stereocenters. The quantitative estimate of drug-likeness (QED) is 0.124. The Bertz CT molecular complexity index is 1480. The summed E-state index contributed by atoms with van der Waals surface area (Å²) in [4.78, 5) is 19.8. The molecule has 0 spiro atoms. The van der Waals surface area contributed by atoms with Crippen molar-refractivity contribution >= 4 is 28.7 Å². The second-order valence-corrected chi connectivity index (χ2v) is 12.1. The topological polar surface area (TPSA) is 95.7 Å². The Morgan fingerprint density at radius 3 is 2.33 bits per heavy atom. The first-order valence-corrected chi connectivity index (χ1v) is 15.0. The smallest absolute Gasteiger partial charge is 0.312 e. The van der Waals surface area contributed by atoms with Gasteiger partial charge < -0.3 is 25.3 Å². The molecule has 0 amide bonds. The predicted molar refractivity (Wildman–Crippen MR) is 170 cm³/mol. The number of nitrogens with two attached hydrogens (primary N) is 1. The summed E-state index contributed by atoms with van der Waals surface area (Å²) >= 11 is 1.58. The fourth-order valence-corrected chi connectivity index (χ4v) is 6.19. The van der Waals surface area contributed by atoms with E-state index in [9.17, 15) is 4.79 Å². The van der Waals surface area contributed by atoms with Crippen LogP contribution in [0.2, 0.25) is 0 Å². The summed E-state index contributed by atoms with van der Waals surface area (Å²) in [6.07, 6.45) is 0. The lowest BCUT2D eigenvalue weighted by atomic mass is 9.73. The SMILES string of the molecule is CCNc1ccc([C@H](c2nc(COCc3ccc(OC)cc3)c(C)s2)C(C)(C)C(=O)OCc2ccccc2)c(C)c1N. The zero-order valence-electron chi connectivity index (χ0n) is 25.3. The van der Waals surface area contributed by atoms with Crippen molar-refractivity contribution in [2.24, 2.45) is 5.41 Å². The minimum Gasteiger partial charge on any atom is -0.497 e. The molecule has 0 bridgehead atoms. The van der Waals surface area contributed by atoms with Crippen LogP contribution in [0.15, 0.2) is 66.7 Å². The summed E-state index contributed by atoms with van der Waals surface area (Å²) in [7, 11) is 1.65. The average Bonchev–Trinajstić information content (AvgIpc) is 3.35. The second kappa shape index (κ2) is 13.9. The number of nitrogens with zero attached hydrogens (tertiary/aromatic N) is 1. The van der Waals surface area contributed by atoms with Crippen LogP contribution in [0.1, 0.15) is 64.5 Å². The highest BCUT2D eigenvalue weighted by Gasteiger charge is 2.43. The number of carbonyl (C=O) groups excluding carboxylic acids is 1. The standard InChI is InChI=1S/C34H41N3O4S/c1-7-36-28-18-17-27(22(2)31(28)35)30(34(4,5)33(38)41-20-24-11-9-8-10-12-24)32-37-29(23(3)42-32)21-40-19-25-13-15-26(39-6)16-14-25/h8-18,30,36H,7,19-21,35H2,1-6H3/t30-/m1/s1. The first-order chi connectivity index (χ1) is 20.1. The number of hydrogen-bond acceptors (Lipinski definition) is 8. The number of aromatic nitrogens is 1. The zero-order valence-corrected chi connectivity index (χ0v) is 26.1. The molecule has 1 aromatic heterocycles. The number of ether oxygens (including phenoxy) is 3. The molecule has 222 valence electrons. The third-order valence-corrected chi connectivity index (χ3v) is 8.60. The highest BCUT2D eigenvalue weighted by molar-refractivity contribution is 7.11. The lowest BCUT2D eigenvalue weighted by Gasteiger charge is -2.33. The molecule has 8 heteroatoms. The second-order valence-electron chi connectivity index (χ2n) is 10.9. The highest BCUT2D eigenvalue weighted by atomic mass is 32.1. The lowest BCUT2D eigenvalue weighted by Crippen LogP contribution is -2.34. The molecule has 7 nitrogen and oxygen atoms in total. The van der Waals surface area contributed by atoms with Gasteiger partial charge in [-0.3, -0.25) is 4.79 Å².